The van der Waals surface area contributed by atoms with Crippen LogP contribution in [0.3, 0.4) is 0 Å². The summed E-state index contributed by atoms with van der Waals surface area (Å²) >= 11 is 7.75. The van der Waals surface area contributed by atoms with Gasteiger partial charge in [-0.05, 0) is 49.7 Å². The molecule has 3 heterocycles. The van der Waals surface area contributed by atoms with Crippen LogP contribution in [0.15, 0.2) is 53.8 Å². The first-order valence-electron chi connectivity index (χ1n) is 7.61. The summed E-state index contributed by atoms with van der Waals surface area (Å²) in [7, 11) is 0. The molecule has 2 aromatic heterocycles. The van der Waals surface area contributed by atoms with E-state index in [9.17, 15) is 0 Å². The fourth-order valence-corrected chi connectivity index (χ4v) is 4.15. The van der Waals surface area contributed by atoms with E-state index >= 15 is 0 Å². The molecule has 0 amide bonds. The maximum Gasteiger partial charge on any atom is 0.161 e. The summed E-state index contributed by atoms with van der Waals surface area (Å²) in [6.07, 6.45) is 3.71. The zero-order valence-corrected chi connectivity index (χ0v) is 14.8. The molecule has 1 aliphatic rings. The van der Waals surface area contributed by atoms with Crippen molar-refractivity contribution >= 4 is 34.2 Å². The van der Waals surface area contributed by atoms with Crippen molar-refractivity contribution < 1.29 is 0 Å². The number of fused-ring (bicyclic) bond motifs is 1. The van der Waals surface area contributed by atoms with Gasteiger partial charge in [0.05, 0.1) is 21.7 Å². The van der Waals surface area contributed by atoms with Gasteiger partial charge in [0.15, 0.2) is 5.82 Å². The van der Waals surface area contributed by atoms with Crippen LogP contribution in [0.25, 0.3) is 5.69 Å². The smallest absolute Gasteiger partial charge is 0.161 e. The standard InChI is InChI=1S/C18H15ClN4S/c1-11-16-17(13-4-3-9-20-10-13)24-12(2)21-18(16)23(22-11)15-7-5-14(19)6-8-15/h3-10,17H,1-2H3/t17-/m1/s1. The van der Waals surface area contributed by atoms with Crippen LogP contribution in [0.2, 0.25) is 5.02 Å². The molecule has 4 rings (SSSR count). The third kappa shape index (κ3) is 2.64. The molecule has 1 atom stereocenters. The largest absolute Gasteiger partial charge is 0.264 e. The Labute approximate surface area is 149 Å². The van der Waals surface area contributed by atoms with Gasteiger partial charge in [-0.3, -0.25) is 4.98 Å². The molecule has 0 bridgehead atoms. The highest BCUT2D eigenvalue weighted by Gasteiger charge is 2.30. The summed E-state index contributed by atoms with van der Waals surface area (Å²) in [5, 5.41) is 6.62. The molecule has 0 unspecified atom stereocenters. The number of hydrogen-bond donors (Lipinski definition) is 0. The van der Waals surface area contributed by atoms with E-state index in [1.54, 1.807) is 18.0 Å². The predicted octanol–water partition coefficient (Wildman–Crippen LogP) is 5.12. The Morgan fingerprint density at radius 3 is 2.62 bits per heavy atom. The lowest BCUT2D eigenvalue weighted by atomic mass is 10.1. The van der Waals surface area contributed by atoms with Gasteiger partial charge in [-0.2, -0.15) is 5.10 Å². The minimum absolute atomic E-state index is 0.159. The van der Waals surface area contributed by atoms with Crippen molar-refractivity contribution in [3.63, 3.8) is 0 Å². The van der Waals surface area contributed by atoms with Crippen molar-refractivity contribution in [2.24, 2.45) is 4.99 Å². The number of benzene rings is 1. The van der Waals surface area contributed by atoms with Crippen molar-refractivity contribution in [1.29, 1.82) is 0 Å². The Kier molecular flexibility index (Phi) is 3.90. The quantitative estimate of drug-likeness (QED) is 0.641. The van der Waals surface area contributed by atoms with Crippen LogP contribution >= 0.6 is 23.4 Å². The highest BCUT2D eigenvalue weighted by Crippen LogP contribution is 2.47. The van der Waals surface area contributed by atoms with Gasteiger partial charge in [-0.1, -0.05) is 29.4 Å². The fourth-order valence-electron chi connectivity index (χ4n) is 2.87. The Bertz CT molecular complexity index is 916. The molecule has 0 saturated carbocycles. The fraction of sp³-hybridized carbons (Fsp3) is 0.167. The van der Waals surface area contributed by atoms with Crippen LogP contribution in [-0.2, 0) is 0 Å². The van der Waals surface area contributed by atoms with E-state index in [4.69, 9.17) is 21.7 Å². The third-order valence-electron chi connectivity index (χ3n) is 3.95. The number of halogens is 1. The van der Waals surface area contributed by atoms with Gasteiger partial charge in [-0.25, -0.2) is 9.67 Å². The maximum absolute atomic E-state index is 6.01. The number of pyridine rings is 1. The van der Waals surface area contributed by atoms with Crippen molar-refractivity contribution in [3.05, 3.63) is 70.6 Å². The summed E-state index contributed by atoms with van der Waals surface area (Å²) in [5.41, 5.74) is 4.25. The molecule has 3 aromatic rings. The molecule has 6 heteroatoms. The lowest BCUT2D eigenvalue weighted by Crippen LogP contribution is -2.06. The Morgan fingerprint density at radius 1 is 1.12 bits per heavy atom. The van der Waals surface area contributed by atoms with Crippen molar-refractivity contribution in [2.45, 2.75) is 19.1 Å². The lowest BCUT2D eigenvalue weighted by molar-refractivity contribution is 0.863. The molecule has 120 valence electrons. The molecular weight excluding hydrogens is 340 g/mol. The zero-order valence-electron chi connectivity index (χ0n) is 13.3. The molecule has 4 nitrogen and oxygen atoms in total. The average molecular weight is 355 g/mol. The number of thioether (sulfide) groups is 1. The van der Waals surface area contributed by atoms with E-state index in [1.807, 2.05) is 55.1 Å². The predicted molar refractivity (Wildman–Crippen MR) is 99.8 cm³/mol. The second-order valence-electron chi connectivity index (χ2n) is 5.63. The number of rotatable bonds is 2. The molecule has 24 heavy (non-hydrogen) atoms. The normalized spacial score (nSPS) is 16.6. The van der Waals surface area contributed by atoms with Crippen LogP contribution in [0, 0.1) is 6.92 Å². The Morgan fingerprint density at radius 2 is 1.92 bits per heavy atom. The third-order valence-corrected chi connectivity index (χ3v) is 5.38. The van der Waals surface area contributed by atoms with Crippen molar-refractivity contribution in [3.8, 4) is 5.69 Å². The van der Waals surface area contributed by atoms with E-state index in [0.29, 0.717) is 5.02 Å². The van der Waals surface area contributed by atoms with Gasteiger partial charge in [-0.15, -0.1) is 0 Å². The first-order valence-corrected chi connectivity index (χ1v) is 8.86. The van der Waals surface area contributed by atoms with Gasteiger partial charge in [0.1, 0.15) is 0 Å². The van der Waals surface area contributed by atoms with E-state index in [1.165, 1.54) is 0 Å². The SMILES string of the molecule is CC1=Nc2c(c(C)nn2-c2ccc(Cl)cc2)[C@@H](c2cccnc2)S1. The molecule has 0 spiro atoms. The zero-order chi connectivity index (χ0) is 16.7. The summed E-state index contributed by atoms with van der Waals surface area (Å²) in [6, 6.07) is 11.7. The monoisotopic (exact) mass is 354 g/mol. The van der Waals surface area contributed by atoms with Crippen LogP contribution in [0.5, 0.6) is 0 Å². The highest BCUT2D eigenvalue weighted by molar-refractivity contribution is 8.14. The molecule has 1 aromatic carbocycles. The van der Waals surface area contributed by atoms with Gasteiger partial charge >= 0.3 is 0 Å². The van der Waals surface area contributed by atoms with Crippen LogP contribution in [-0.4, -0.2) is 19.8 Å². The molecule has 1 aliphatic heterocycles. The number of nitrogens with zero attached hydrogens (tertiary/aromatic N) is 4. The van der Waals surface area contributed by atoms with Gasteiger partial charge in [0.25, 0.3) is 0 Å². The minimum Gasteiger partial charge on any atom is -0.264 e. The summed E-state index contributed by atoms with van der Waals surface area (Å²) in [6.45, 7) is 4.07. The second-order valence-corrected chi connectivity index (χ2v) is 7.36. The van der Waals surface area contributed by atoms with E-state index in [-0.39, 0.29) is 5.25 Å². The second kappa shape index (κ2) is 6.07. The van der Waals surface area contributed by atoms with Crippen molar-refractivity contribution in [1.82, 2.24) is 14.8 Å². The molecule has 0 fully saturated rings. The van der Waals surface area contributed by atoms with E-state index < -0.39 is 0 Å². The van der Waals surface area contributed by atoms with Gasteiger partial charge < -0.3 is 0 Å². The van der Waals surface area contributed by atoms with Gasteiger partial charge in [0, 0.05) is 23.0 Å². The van der Waals surface area contributed by atoms with E-state index in [2.05, 4.69) is 11.1 Å². The lowest BCUT2D eigenvalue weighted by Gasteiger charge is -2.21. The van der Waals surface area contributed by atoms with E-state index in [0.717, 1.165) is 33.4 Å². The first-order chi connectivity index (χ1) is 11.6. The van der Waals surface area contributed by atoms with Gasteiger partial charge in [0.2, 0.25) is 0 Å². The minimum atomic E-state index is 0.159. The molecule has 0 saturated heterocycles. The van der Waals surface area contributed by atoms with Crippen molar-refractivity contribution in [2.75, 3.05) is 0 Å². The number of aromatic nitrogens is 3. The van der Waals surface area contributed by atoms with Crippen LogP contribution in [0.1, 0.15) is 29.0 Å². The average Bonchev–Trinajstić information content (AvgIpc) is 2.92. The van der Waals surface area contributed by atoms with Crippen LogP contribution < -0.4 is 0 Å². The number of hydrogen-bond acceptors (Lipinski definition) is 4. The number of aliphatic imine (C=N–C) groups is 1. The highest BCUT2D eigenvalue weighted by atomic mass is 35.5. The molecular formula is C18H15ClN4S. The first kappa shape index (κ1) is 15.4. The molecule has 0 aliphatic carbocycles. The topological polar surface area (TPSA) is 43.1 Å². The Balaban J connectivity index is 1.89. The Hall–Kier alpha value is -2.11. The number of aryl methyl sites for hydroxylation is 1. The van der Waals surface area contributed by atoms with Crippen LogP contribution in [0.4, 0.5) is 5.82 Å². The summed E-state index contributed by atoms with van der Waals surface area (Å²) < 4.78 is 1.90. The molecule has 0 radical (unpaired) electrons. The molecule has 0 N–H and O–H groups in total. The summed E-state index contributed by atoms with van der Waals surface area (Å²) in [5.74, 6) is 0.889. The summed E-state index contributed by atoms with van der Waals surface area (Å²) in [4.78, 5) is 9.03. The maximum atomic E-state index is 6.01.